The molecule has 3 aromatic carbocycles. The van der Waals surface area contributed by atoms with Gasteiger partial charge in [0.05, 0.1) is 23.1 Å². The number of ketones is 1. The fourth-order valence-corrected chi connectivity index (χ4v) is 4.93. The Balaban J connectivity index is 1.60. The summed E-state index contributed by atoms with van der Waals surface area (Å²) >= 11 is 1.45. The maximum atomic E-state index is 13.2. The molecule has 9 heteroatoms. The minimum Gasteiger partial charge on any atom is -0.507 e. The average Bonchev–Trinajstić information content (AvgIpc) is 3.51. The molecule has 1 fully saturated rings. The van der Waals surface area contributed by atoms with E-state index in [1.54, 1.807) is 24.3 Å². The first-order valence-electron chi connectivity index (χ1n) is 11.3. The van der Waals surface area contributed by atoms with Crippen molar-refractivity contribution >= 4 is 34.5 Å². The van der Waals surface area contributed by atoms with E-state index in [-0.39, 0.29) is 23.4 Å². The molecule has 8 nitrogen and oxygen atoms in total. The van der Waals surface area contributed by atoms with Crippen LogP contribution >= 0.6 is 11.3 Å². The number of carbonyl (C=O) groups is 2. The highest BCUT2D eigenvalue weighted by Crippen LogP contribution is 2.41. The van der Waals surface area contributed by atoms with Crippen molar-refractivity contribution in [3.63, 3.8) is 0 Å². The van der Waals surface area contributed by atoms with E-state index in [2.05, 4.69) is 0 Å². The van der Waals surface area contributed by atoms with Crippen LogP contribution in [0.4, 0.5) is 5.69 Å². The minimum absolute atomic E-state index is 0.0905. The molecule has 37 heavy (non-hydrogen) atoms. The normalized spacial score (nSPS) is 16.6. The van der Waals surface area contributed by atoms with E-state index in [0.717, 1.165) is 4.88 Å². The van der Waals surface area contributed by atoms with Crippen molar-refractivity contribution in [3.8, 4) is 11.5 Å². The van der Waals surface area contributed by atoms with E-state index >= 15 is 0 Å². The number of non-ortho nitro benzene ring substituents is 1. The Bertz CT molecular complexity index is 1500. The number of aliphatic hydroxyl groups is 1. The Morgan fingerprint density at radius 1 is 0.946 bits per heavy atom. The first kappa shape index (κ1) is 24.0. The van der Waals surface area contributed by atoms with Crippen molar-refractivity contribution in [1.82, 2.24) is 4.90 Å². The SMILES string of the molecule is O=C1C(=O)N(Cc2cccs2)C(c2cccc(Oc3ccccc3)c2)/C1=C(\O)c1ccc([N+](=O)[O-])cc1. The van der Waals surface area contributed by atoms with Crippen molar-refractivity contribution in [2.24, 2.45) is 0 Å². The summed E-state index contributed by atoms with van der Waals surface area (Å²) in [6.07, 6.45) is 0. The summed E-state index contributed by atoms with van der Waals surface area (Å²) in [7, 11) is 0. The van der Waals surface area contributed by atoms with E-state index in [1.165, 1.54) is 40.5 Å². The lowest BCUT2D eigenvalue weighted by atomic mass is 9.95. The second-order valence-corrected chi connectivity index (χ2v) is 9.33. The molecule has 1 saturated heterocycles. The molecule has 0 saturated carbocycles. The van der Waals surface area contributed by atoms with Crippen molar-refractivity contribution in [2.45, 2.75) is 12.6 Å². The van der Waals surface area contributed by atoms with Gasteiger partial charge < -0.3 is 14.7 Å². The van der Waals surface area contributed by atoms with E-state index in [0.29, 0.717) is 17.1 Å². The number of rotatable bonds is 7. The number of hydrogen-bond donors (Lipinski definition) is 1. The van der Waals surface area contributed by atoms with E-state index in [4.69, 9.17) is 4.74 Å². The number of likely N-dealkylation sites (tertiary alicyclic amines) is 1. The first-order chi connectivity index (χ1) is 17.9. The van der Waals surface area contributed by atoms with Crippen LogP contribution in [0.15, 0.2) is 102 Å². The van der Waals surface area contributed by atoms with E-state index in [1.807, 2.05) is 47.8 Å². The summed E-state index contributed by atoms with van der Waals surface area (Å²) in [4.78, 5) is 39.2. The highest BCUT2D eigenvalue weighted by Gasteiger charge is 2.46. The number of ether oxygens (including phenoxy) is 1. The third-order valence-corrected chi connectivity index (χ3v) is 6.81. The van der Waals surface area contributed by atoms with Gasteiger partial charge in [0.15, 0.2) is 0 Å². The van der Waals surface area contributed by atoms with Crippen LogP contribution in [0.5, 0.6) is 11.5 Å². The molecular formula is C28H20N2O6S. The quantitative estimate of drug-likeness (QED) is 0.106. The largest absolute Gasteiger partial charge is 0.507 e. The second-order valence-electron chi connectivity index (χ2n) is 8.30. The highest BCUT2D eigenvalue weighted by molar-refractivity contribution is 7.09. The third kappa shape index (κ3) is 4.85. The van der Waals surface area contributed by atoms with Gasteiger partial charge in [0.1, 0.15) is 17.3 Å². The summed E-state index contributed by atoms with van der Waals surface area (Å²) in [5.41, 5.74) is 0.526. The minimum atomic E-state index is -0.892. The molecule has 1 aliphatic rings. The fourth-order valence-electron chi connectivity index (χ4n) is 4.23. The van der Waals surface area contributed by atoms with Crippen molar-refractivity contribution < 1.29 is 24.4 Å². The monoisotopic (exact) mass is 512 g/mol. The molecule has 1 amide bonds. The summed E-state index contributed by atoms with van der Waals surface area (Å²) < 4.78 is 5.96. The van der Waals surface area contributed by atoms with Gasteiger partial charge in [-0.3, -0.25) is 19.7 Å². The molecule has 2 heterocycles. The number of amides is 1. The number of Topliss-reactive ketones (excluding diaryl/α,β-unsaturated/α-hetero) is 1. The number of nitro groups is 1. The number of aliphatic hydroxyl groups excluding tert-OH is 1. The van der Waals surface area contributed by atoms with Gasteiger partial charge in [-0.1, -0.05) is 36.4 Å². The van der Waals surface area contributed by atoms with Crippen LogP contribution in [0, 0.1) is 10.1 Å². The predicted octanol–water partition coefficient (Wildman–Crippen LogP) is 6.07. The molecular weight excluding hydrogens is 492 g/mol. The molecule has 1 aromatic heterocycles. The van der Waals surface area contributed by atoms with Crippen molar-refractivity contribution in [3.05, 3.63) is 128 Å². The second kappa shape index (κ2) is 10.1. The Hall–Kier alpha value is -4.76. The molecule has 0 radical (unpaired) electrons. The summed E-state index contributed by atoms with van der Waals surface area (Å²) in [6, 6.07) is 24.2. The number of para-hydroxylation sites is 1. The first-order valence-corrected chi connectivity index (χ1v) is 12.2. The van der Waals surface area contributed by atoms with Gasteiger partial charge in [0.25, 0.3) is 17.4 Å². The maximum absolute atomic E-state index is 13.2. The van der Waals surface area contributed by atoms with Crippen LogP contribution in [0.2, 0.25) is 0 Å². The van der Waals surface area contributed by atoms with E-state index < -0.39 is 28.4 Å². The number of thiophene rings is 1. The lowest BCUT2D eigenvalue weighted by Gasteiger charge is -2.25. The molecule has 0 bridgehead atoms. The number of nitrogens with zero attached hydrogens (tertiary/aromatic N) is 2. The Morgan fingerprint density at radius 2 is 1.68 bits per heavy atom. The zero-order valence-corrected chi connectivity index (χ0v) is 20.1. The van der Waals surface area contributed by atoms with Crippen LogP contribution in [0.1, 0.15) is 22.0 Å². The van der Waals surface area contributed by atoms with Crippen LogP contribution < -0.4 is 4.74 Å². The van der Waals surface area contributed by atoms with Gasteiger partial charge in [-0.25, -0.2) is 0 Å². The summed E-state index contributed by atoms with van der Waals surface area (Å²) in [6.45, 7) is 0.174. The van der Waals surface area contributed by atoms with Gasteiger partial charge in [-0.15, -0.1) is 11.3 Å². The molecule has 0 spiro atoms. The van der Waals surface area contributed by atoms with Gasteiger partial charge in [-0.05, 0) is 53.4 Å². The molecule has 4 aromatic rings. The summed E-state index contributed by atoms with van der Waals surface area (Å²) in [5.74, 6) is -0.844. The predicted molar refractivity (Wildman–Crippen MR) is 138 cm³/mol. The number of nitro benzene ring substituents is 1. The molecule has 184 valence electrons. The highest BCUT2D eigenvalue weighted by atomic mass is 32.1. The Labute approximate surface area is 215 Å². The zero-order chi connectivity index (χ0) is 25.9. The smallest absolute Gasteiger partial charge is 0.295 e. The van der Waals surface area contributed by atoms with Gasteiger partial charge >= 0.3 is 0 Å². The average molecular weight is 513 g/mol. The van der Waals surface area contributed by atoms with Gasteiger partial charge in [0.2, 0.25) is 0 Å². The molecule has 1 atom stereocenters. The number of hydrogen-bond acceptors (Lipinski definition) is 7. The number of benzene rings is 3. The summed E-state index contributed by atoms with van der Waals surface area (Å²) in [5, 5.41) is 24.1. The van der Waals surface area contributed by atoms with Crippen LogP contribution in [0.3, 0.4) is 0 Å². The lowest BCUT2D eigenvalue weighted by molar-refractivity contribution is -0.384. The molecule has 0 aliphatic carbocycles. The topological polar surface area (TPSA) is 110 Å². The van der Waals surface area contributed by atoms with Crippen molar-refractivity contribution in [1.29, 1.82) is 0 Å². The maximum Gasteiger partial charge on any atom is 0.295 e. The third-order valence-electron chi connectivity index (χ3n) is 5.95. The van der Waals surface area contributed by atoms with Crippen LogP contribution in [-0.2, 0) is 16.1 Å². The Kier molecular flexibility index (Phi) is 6.53. The molecule has 1 unspecified atom stereocenters. The van der Waals surface area contributed by atoms with Crippen LogP contribution in [0.25, 0.3) is 5.76 Å². The van der Waals surface area contributed by atoms with Crippen molar-refractivity contribution in [2.75, 3.05) is 0 Å². The standard InChI is InChI=1S/C28H20N2O6S/c31-26(18-11-13-20(14-12-18)30(34)35)24-25(29(28(33)27(24)32)17-23-10-5-15-37-23)19-6-4-9-22(16-19)36-21-7-2-1-3-8-21/h1-16,25,31H,17H2/b26-24+. The molecule has 1 aliphatic heterocycles. The zero-order valence-electron chi connectivity index (χ0n) is 19.3. The lowest BCUT2D eigenvalue weighted by Crippen LogP contribution is -2.28. The number of carbonyl (C=O) groups excluding carboxylic acids is 2. The Morgan fingerprint density at radius 3 is 2.35 bits per heavy atom. The van der Waals surface area contributed by atoms with Gasteiger partial charge in [0, 0.05) is 22.6 Å². The van der Waals surface area contributed by atoms with E-state index in [9.17, 15) is 24.8 Å². The van der Waals surface area contributed by atoms with Crippen LogP contribution in [-0.4, -0.2) is 26.6 Å². The fraction of sp³-hybridized carbons (Fsp3) is 0.0714. The molecule has 5 rings (SSSR count). The molecule has 1 N–H and O–H groups in total. The van der Waals surface area contributed by atoms with Gasteiger partial charge in [-0.2, -0.15) is 0 Å².